The van der Waals surface area contributed by atoms with Crippen molar-refractivity contribution in [2.75, 3.05) is 18.8 Å². The number of likely N-dealkylation sites (N-methyl/N-ethyl adjacent to an activating group) is 1. The number of amides is 1. The Balaban J connectivity index is 1.88. The van der Waals surface area contributed by atoms with Crippen LogP contribution in [0.5, 0.6) is 0 Å². The summed E-state index contributed by atoms with van der Waals surface area (Å²) in [4.78, 5) is 14.4. The molecule has 3 rings (SSSR count). The molecule has 6 heteroatoms. The van der Waals surface area contributed by atoms with Gasteiger partial charge in [-0.25, -0.2) is 0 Å². The van der Waals surface area contributed by atoms with Gasteiger partial charge in [-0.05, 0) is 26.0 Å². The summed E-state index contributed by atoms with van der Waals surface area (Å²) in [6, 6.07) is 19.9. The van der Waals surface area contributed by atoms with Gasteiger partial charge in [0.2, 0.25) is 5.91 Å². The number of benzene rings is 2. The third kappa shape index (κ3) is 4.70. The Morgan fingerprint density at radius 2 is 1.71 bits per heavy atom. The molecule has 0 unspecified atom stereocenters. The van der Waals surface area contributed by atoms with Crippen LogP contribution in [0.2, 0.25) is 0 Å². The van der Waals surface area contributed by atoms with E-state index >= 15 is 0 Å². The van der Waals surface area contributed by atoms with Gasteiger partial charge in [-0.2, -0.15) is 0 Å². The van der Waals surface area contributed by atoms with Crippen LogP contribution >= 0.6 is 11.8 Å². The standard InChI is InChI=1S/C22H24N4OS/c1-4-25(15-17(2)3)20(27)16-28-22-24-23-21(18-11-7-5-8-12-18)26(22)19-13-9-6-10-14-19/h5-14H,2,4,15-16H2,1,3H3. The molecule has 0 saturated carbocycles. The zero-order valence-electron chi connectivity index (χ0n) is 16.2. The van der Waals surface area contributed by atoms with E-state index in [1.807, 2.05) is 79.1 Å². The highest BCUT2D eigenvalue weighted by molar-refractivity contribution is 7.99. The maximum absolute atomic E-state index is 12.6. The van der Waals surface area contributed by atoms with Crippen molar-refractivity contribution in [2.24, 2.45) is 0 Å². The number of para-hydroxylation sites is 1. The molecule has 5 nitrogen and oxygen atoms in total. The number of hydrogen-bond donors (Lipinski definition) is 0. The Bertz CT molecular complexity index is 938. The molecular weight excluding hydrogens is 368 g/mol. The maximum Gasteiger partial charge on any atom is 0.233 e. The maximum atomic E-state index is 12.6. The van der Waals surface area contributed by atoms with Crippen LogP contribution < -0.4 is 0 Å². The summed E-state index contributed by atoms with van der Waals surface area (Å²) < 4.78 is 2.00. The van der Waals surface area contributed by atoms with Gasteiger partial charge >= 0.3 is 0 Å². The lowest BCUT2D eigenvalue weighted by Crippen LogP contribution is -2.33. The number of hydrogen-bond acceptors (Lipinski definition) is 4. The first-order valence-corrected chi connectivity index (χ1v) is 10.2. The molecule has 0 aliphatic heterocycles. The Labute approximate surface area is 170 Å². The fourth-order valence-electron chi connectivity index (χ4n) is 2.87. The molecule has 0 bridgehead atoms. The first-order chi connectivity index (χ1) is 13.6. The van der Waals surface area contributed by atoms with Gasteiger partial charge in [0.15, 0.2) is 11.0 Å². The highest BCUT2D eigenvalue weighted by Gasteiger charge is 2.18. The van der Waals surface area contributed by atoms with Crippen molar-refractivity contribution in [1.82, 2.24) is 19.7 Å². The Hall–Kier alpha value is -2.86. The molecule has 144 valence electrons. The number of carbonyl (C=O) groups excluding carboxylic acids is 1. The minimum absolute atomic E-state index is 0.0689. The van der Waals surface area contributed by atoms with E-state index in [4.69, 9.17) is 0 Å². The van der Waals surface area contributed by atoms with Crippen LogP contribution in [-0.4, -0.2) is 44.4 Å². The van der Waals surface area contributed by atoms with E-state index in [1.54, 1.807) is 4.90 Å². The van der Waals surface area contributed by atoms with E-state index in [0.717, 1.165) is 22.6 Å². The SMILES string of the molecule is C=C(C)CN(CC)C(=O)CSc1nnc(-c2ccccc2)n1-c1ccccc1. The second-order valence-corrected chi connectivity index (χ2v) is 7.44. The van der Waals surface area contributed by atoms with Crippen molar-refractivity contribution in [3.63, 3.8) is 0 Å². The summed E-state index contributed by atoms with van der Waals surface area (Å²) in [6.07, 6.45) is 0. The van der Waals surface area contributed by atoms with Gasteiger partial charge in [0.25, 0.3) is 0 Å². The lowest BCUT2D eigenvalue weighted by molar-refractivity contribution is -0.127. The minimum Gasteiger partial charge on any atom is -0.338 e. The van der Waals surface area contributed by atoms with Crippen LogP contribution in [0.3, 0.4) is 0 Å². The van der Waals surface area contributed by atoms with Crippen LogP contribution in [0.15, 0.2) is 78.0 Å². The van der Waals surface area contributed by atoms with Crippen molar-refractivity contribution in [3.05, 3.63) is 72.8 Å². The smallest absolute Gasteiger partial charge is 0.233 e. The van der Waals surface area contributed by atoms with Crippen molar-refractivity contribution in [2.45, 2.75) is 19.0 Å². The van der Waals surface area contributed by atoms with Gasteiger partial charge in [0.05, 0.1) is 5.75 Å². The highest BCUT2D eigenvalue weighted by atomic mass is 32.2. The van der Waals surface area contributed by atoms with Crippen molar-refractivity contribution in [3.8, 4) is 17.1 Å². The van der Waals surface area contributed by atoms with Crippen molar-refractivity contribution in [1.29, 1.82) is 0 Å². The predicted molar refractivity (Wildman–Crippen MR) is 115 cm³/mol. The van der Waals surface area contributed by atoms with Gasteiger partial charge in [-0.3, -0.25) is 9.36 Å². The number of rotatable bonds is 8. The fourth-order valence-corrected chi connectivity index (χ4v) is 3.72. The monoisotopic (exact) mass is 392 g/mol. The molecule has 1 heterocycles. The first kappa shape index (κ1) is 19.9. The van der Waals surface area contributed by atoms with Crippen LogP contribution in [0.25, 0.3) is 17.1 Å². The second-order valence-electron chi connectivity index (χ2n) is 6.50. The van der Waals surface area contributed by atoms with Gasteiger partial charge in [-0.1, -0.05) is 72.4 Å². The number of aromatic nitrogens is 3. The summed E-state index contributed by atoms with van der Waals surface area (Å²) in [5.74, 6) is 1.14. The molecule has 3 aromatic rings. The largest absolute Gasteiger partial charge is 0.338 e. The summed E-state index contributed by atoms with van der Waals surface area (Å²) >= 11 is 1.40. The van der Waals surface area contributed by atoms with Gasteiger partial charge < -0.3 is 4.90 Å². The average molecular weight is 393 g/mol. The summed E-state index contributed by atoms with van der Waals surface area (Å²) in [5, 5.41) is 9.48. The van der Waals surface area contributed by atoms with E-state index in [9.17, 15) is 4.79 Å². The molecule has 0 saturated heterocycles. The summed E-state index contributed by atoms with van der Waals surface area (Å²) in [7, 11) is 0. The lowest BCUT2D eigenvalue weighted by Gasteiger charge is -2.20. The van der Waals surface area contributed by atoms with Crippen LogP contribution in [0.4, 0.5) is 0 Å². The Kier molecular flexibility index (Phi) is 6.66. The number of carbonyl (C=O) groups is 1. The first-order valence-electron chi connectivity index (χ1n) is 9.21. The zero-order chi connectivity index (χ0) is 19.9. The van der Waals surface area contributed by atoms with Gasteiger partial charge in [0, 0.05) is 24.3 Å². The van der Waals surface area contributed by atoms with E-state index in [0.29, 0.717) is 24.0 Å². The van der Waals surface area contributed by atoms with Crippen molar-refractivity contribution >= 4 is 17.7 Å². The van der Waals surface area contributed by atoms with Crippen LogP contribution in [0, 0.1) is 0 Å². The average Bonchev–Trinajstić information content (AvgIpc) is 3.15. The quantitative estimate of drug-likeness (QED) is 0.420. The molecule has 1 amide bonds. The minimum atomic E-state index is 0.0689. The molecule has 1 aromatic heterocycles. The fraction of sp³-hybridized carbons (Fsp3) is 0.227. The molecule has 2 aromatic carbocycles. The summed E-state index contributed by atoms with van der Waals surface area (Å²) in [6.45, 7) is 9.06. The molecule has 28 heavy (non-hydrogen) atoms. The van der Waals surface area contributed by atoms with Crippen LogP contribution in [0.1, 0.15) is 13.8 Å². The lowest BCUT2D eigenvalue weighted by atomic mass is 10.2. The molecular formula is C22H24N4OS. The predicted octanol–water partition coefficient (Wildman–Crippen LogP) is 4.45. The molecule has 0 aliphatic rings. The van der Waals surface area contributed by atoms with Crippen LogP contribution in [-0.2, 0) is 4.79 Å². The van der Waals surface area contributed by atoms with E-state index in [-0.39, 0.29) is 5.91 Å². The van der Waals surface area contributed by atoms with Gasteiger partial charge in [-0.15, -0.1) is 10.2 Å². The summed E-state index contributed by atoms with van der Waals surface area (Å²) in [5.41, 5.74) is 2.92. The molecule has 0 radical (unpaired) electrons. The molecule has 0 aliphatic carbocycles. The molecule has 0 atom stereocenters. The van der Waals surface area contributed by atoms with E-state index in [2.05, 4.69) is 16.8 Å². The van der Waals surface area contributed by atoms with E-state index in [1.165, 1.54) is 11.8 Å². The molecule has 0 fully saturated rings. The normalized spacial score (nSPS) is 10.6. The van der Waals surface area contributed by atoms with Crippen molar-refractivity contribution < 1.29 is 4.79 Å². The third-order valence-electron chi connectivity index (χ3n) is 4.20. The topological polar surface area (TPSA) is 51.0 Å². The molecule has 0 N–H and O–H groups in total. The van der Waals surface area contributed by atoms with Gasteiger partial charge in [0.1, 0.15) is 0 Å². The Morgan fingerprint density at radius 1 is 1.07 bits per heavy atom. The Morgan fingerprint density at radius 3 is 2.32 bits per heavy atom. The highest BCUT2D eigenvalue weighted by Crippen LogP contribution is 2.28. The van der Waals surface area contributed by atoms with E-state index < -0.39 is 0 Å². The molecule has 0 spiro atoms. The number of nitrogens with zero attached hydrogens (tertiary/aromatic N) is 4. The second kappa shape index (κ2) is 9.37. The number of thioether (sulfide) groups is 1. The zero-order valence-corrected chi connectivity index (χ0v) is 17.0. The third-order valence-corrected chi connectivity index (χ3v) is 5.11.